The van der Waals surface area contributed by atoms with Gasteiger partial charge in [0.1, 0.15) is 12.4 Å². The largest absolute Gasteiger partial charge is 0.492 e. The lowest BCUT2D eigenvalue weighted by Gasteiger charge is -2.21. The number of nitrogens with one attached hydrogen (secondary N) is 1. The first-order chi connectivity index (χ1) is 13.6. The summed E-state index contributed by atoms with van der Waals surface area (Å²) in [6, 6.07) is 8.36. The van der Waals surface area contributed by atoms with Crippen LogP contribution in [0.25, 0.3) is 0 Å². The molecule has 2 aromatic rings. The molecule has 1 fully saturated rings. The Bertz CT molecular complexity index is 765. The Balaban J connectivity index is 1.51. The maximum Gasteiger partial charge on any atom is 0.194 e. The minimum Gasteiger partial charge on any atom is -0.492 e. The minimum absolute atomic E-state index is 0.522. The molecule has 0 radical (unpaired) electrons. The van der Waals surface area contributed by atoms with Gasteiger partial charge in [0.15, 0.2) is 5.96 Å². The molecule has 0 saturated carbocycles. The van der Waals surface area contributed by atoms with Crippen LogP contribution in [-0.2, 0) is 7.05 Å². The lowest BCUT2D eigenvalue weighted by Crippen LogP contribution is -2.40. The van der Waals surface area contributed by atoms with Gasteiger partial charge in [-0.25, -0.2) is 4.99 Å². The Hall–Kier alpha value is -2.50. The van der Waals surface area contributed by atoms with Crippen molar-refractivity contribution in [2.24, 2.45) is 12.0 Å². The predicted molar refractivity (Wildman–Crippen MR) is 114 cm³/mol. The van der Waals surface area contributed by atoms with Crippen molar-refractivity contribution in [3.05, 3.63) is 47.8 Å². The molecule has 1 atom stereocenters. The summed E-state index contributed by atoms with van der Waals surface area (Å²) in [7, 11) is 1.97. The number of hydrogen-bond donors (Lipinski definition) is 1. The van der Waals surface area contributed by atoms with Crippen LogP contribution in [0.2, 0.25) is 0 Å². The monoisotopic (exact) mass is 383 g/mol. The molecule has 152 valence electrons. The predicted octanol–water partition coefficient (Wildman–Crippen LogP) is 3.38. The third kappa shape index (κ3) is 5.27. The molecule has 6 nitrogen and oxygen atoms in total. The quantitative estimate of drug-likeness (QED) is 0.452. The summed E-state index contributed by atoms with van der Waals surface area (Å²) >= 11 is 0. The van der Waals surface area contributed by atoms with Crippen LogP contribution in [0.5, 0.6) is 5.75 Å². The van der Waals surface area contributed by atoms with Gasteiger partial charge < -0.3 is 15.0 Å². The van der Waals surface area contributed by atoms with Crippen molar-refractivity contribution in [1.29, 1.82) is 0 Å². The molecule has 0 spiro atoms. The van der Waals surface area contributed by atoms with E-state index in [9.17, 15) is 0 Å². The van der Waals surface area contributed by atoms with Crippen molar-refractivity contribution in [2.75, 3.05) is 32.8 Å². The molecule has 1 saturated heterocycles. The van der Waals surface area contributed by atoms with Crippen molar-refractivity contribution in [2.45, 2.75) is 39.0 Å². The number of guanidine groups is 1. The van der Waals surface area contributed by atoms with E-state index >= 15 is 0 Å². The fourth-order valence-electron chi connectivity index (χ4n) is 3.57. The zero-order valence-electron chi connectivity index (χ0n) is 17.6. The van der Waals surface area contributed by atoms with E-state index in [0.717, 1.165) is 37.8 Å². The van der Waals surface area contributed by atoms with Crippen LogP contribution < -0.4 is 10.1 Å². The van der Waals surface area contributed by atoms with Gasteiger partial charge in [-0.15, -0.1) is 0 Å². The van der Waals surface area contributed by atoms with E-state index in [1.165, 1.54) is 11.1 Å². The smallest absolute Gasteiger partial charge is 0.194 e. The van der Waals surface area contributed by atoms with E-state index < -0.39 is 0 Å². The average molecular weight is 384 g/mol. The summed E-state index contributed by atoms with van der Waals surface area (Å²) < 4.78 is 7.74. The third-order valence-electron chi connectivity index (χ3n) is 5.19. The van der Waals surface area contributed by atoms with E-state index in [4.69, 9.17) is 9.73 Å². The Kier molecular flexibility index (Phi) is 6.95. The standard InChI is InChI=1S/C22H33N5O/c1-5-23-22(27-12-10-19(16-27)20-14-25-26(4)15-20)24-11-13-28-21-8-6-18(7-9-21)17(2)3/h6-9,14-15,17,19H,5,10-13,16H2,1-4H3,(H,23,24). The number of aromatic nitrogens is 2. The molecule has 1 aromatic heterocycles. The first-order valence-electron chi connectivity index (χ1n) is 10.3. The number of aliphatic imine (C=N–C) groups is 1. The summed E-state index contributed by atoms with van der Waals surface area (Å²) in [5.74, 6) is 2.95. The normalized spacial score (nSPS) is 17.4. The van der Waals surface area contributed by atoms with Crippen molar-refractivity contribution < 1.29 is 4.74 Å². The number of likely N-dealkylation sites (tertiary alicyclic amines) is 1. The Morgan fingerprint density at radius 3 is 2.75 bits per heavy atom. The lowest BCUT2D eigenvalue weighted by molar-refractivity contribution is 0.327. The SMILES string of the molecule is CCNC(=NCCOc1ccc(C(C)C)cc1)N1CCC(c2cnn(C)c2)C1. The summed E-state index contributed by atoms with van der Waals surface area (Å²) in [5.41, 5.74) is 2.64. The molecular weight excluding hydrogens is 350 g/mol. The molecule has 0 bridgehead atoms. The number of benzene rings is 1. The molecule has 6 heteroatoms. The zero-order valence-corrected chi connectivity index (χ0v) is 17.6. The maximum absolute atomic E-state index is 5.86. The Morgan fingerprint density at radius 2 is 2.11 bits per heavy atom. The minimum atomic E-state index is 0.522. The summed E-state index contributed by atoms with van der Waals surface area (Å²) in [6.07, 6.45) is 5.24. The second kappa shape index (κ2) is 9.62. The topological polar surface area (TPSA) is 54.7 Å². The molecule has 1 N–H and O–H groups in total. The molecule has 0 aliphatic carbocycles. The van der Waals surface area contributed by atoms with Crippen LogP contribution >= 0.6 is 0 Å². The van der Waals surface area contributed by atoms with E-state index in [1.54, 1.807) is 0 Å². The second-order valence-electron chi connectivity index (χ2n) is 7.69. The second-order valence-corrected chi connectivity index (χ2v) is 7.69. The highest BCUT2D eigenvalue weighted by atomic mass is 16.5. The summed E-state index contributed by atoms with van der Waals surface area (Å²) in [4.78, 5) is 7.12. The molecule has 28 heavy (non-hydrogen) atoms. The van der Waals surface area contributed by atoms with E-state index in [0.29, 0.717) is 25.0 Å². The van der Waals surface area contributed by atoms with Crippen LogP contribution in [0.4, 0.5) is 0 Å². The van der Waals surface area contributed by atoms with Crippen molar-refractivity contribution in [3.8, 4) is 5.75 Å². The Labute approximate surface area is 168 Å². The average Bonchev–Trinajstić information content (AvgIpc) is 3.33. The fourth-order valence-corrected chi connectivity index (χ4v) is 3.57. The number of aryl methyl sites for hydroxylation is 1. The third-order valence-corrected chi connectivity index (χ3v) is 5.19. The van der Waals surface area contributed by atoms with Gasteiger partial charge in [-0.2, -0.15) is 5.10 Å². The maximum atomic E-state index is 5.86. The van der Waals surface area contributed by atoms with Gasteiger partial charge in [0, 0.05) is 38.8 Å². The summed E-state index contributed by atoms with van der Waals surface area (Å²) in [5, 5.41) is 7.73. The van der Waals surface area contributed by atoms with Gasteiger partial charge in [-0.05, 0) is 42.5 Å². The Morgan fingerprint density at radius 1 is 1.32 bits per heavy atom. The molecule has 0 amide bonds. The van der Waals surface area contributed by atoms with Gasteiger partial charge in [-0.1, -0.05) is 26.0 Å². The van der Waals surface area contributed by atoms with Crippen LogP contribution in [-0.4, -0.2) is 53.4 Å². The van der Waals surface area contributed by atoms with Gasteiger partial charge in [0.2, 0.25) is 0 Å². The number of nitrogens with zero attached hydrogens (tertiary/aromatic N) is 4. The first kappa shape index (κ1) is 20.2. The number of hydrogen-bond acceptors (Lipinski definition) is 3. The van der Waals surface area contributed by atoms with Crippen molar-refractivity contribution >= 4 is 5.96 Å². The van der Waals surface area contributed by atoms with E-state index in [-0.39, 0.29) is 0 Å². The summed E-state index contributed by atoms with van der Waals surface area (Å²) in [6.45, 7) is 10.6. The zero-order chi connectivity index (χ0) is 19.9. The molecule has 1 aliphatic rings. The van der Waals surface area contributed by atoms with Crippen molar-refractivity contribution in [3.63, 3.8) is 0 Å². The molecule has 2 heterocycles. The number of ether oxygens (including phenoxy) is 1. The van der Waals surface area contributed by atoms with Crippen molar-refractivity contribution in [1.82, 2.24) is 20.0 Å². The van der Waals surface area contributed by atoms with E-state index in [2.05, 4.69) is 54.4 Å². The molecule has 1 aliphatic heterocycles. The van der Waals surface area contributed by atoms with Gasteiger partial charge in [-0.3, -0.25) is 4.68 Å². The molecule has 3 rings (SSSR count). The molecular formula is C22H33N5O. The lowest BCUT2D eigenvalue weighted by atomic mass is 10.0. The molecule has 1 unspecified atom stereocenters. The van der Waals surface area contributed by atoms with Crippen LogP contribution in [0, 0.1) is 0 Å². The highest BCUT2D eigenvalue weighted by molar-refractivity contribution is 5.80. The fraction of sp³-hybridized carbons (Fsp3) is 0.545. The number of rotatable bonds is 7. The highest BCUT2D eigenvalue weighted by Crippen LogP contribution is 2.26. The van der Waals surface area contributed by atoms with Gasteiger partial charge in [0.25, 0.3) is 0 Å². The van der Waals surface area contributed by atoms with Crippen LogP contribution in [0.15, 0.2) is 41.7 Å². The van der Waals surface area contributed by atoms with Crippen LogP contribution in [0.3, 0.4) is 0 Å². The highest BCUT2D eigenvalue weighted by Gasteiger charge is 2.26. The first-order valence-corrected chi connectivity index (χ1v) is 10.3. The van der Waals surface area contributed by atoms with Gasteiger partial charge >= 0.3 is 0 Å². The van der Waals surface area contributed by atoms with Crippen LogP contribution in [0.1, 0.15) is 50.2 Å². The van der Waals surface area contributed by atoms with E-state index in [1.807, 2.05) is 30.1 Å². The molecule has 1 aromatic carbocycles. The van der Waals surface area contributed by atoms with Gasteiger partial charge in [0.05, 0.1) is 12.7 Å².